The molecule has 0 saturated heterocycles. The lowest BCUT2D eigenvalue weighted by Gasteiger charge is -2.12. The summed E-state index contributed by atoms with van der Waals surface area (Å²) in [6.45, 7) is 3.67. The van der Waals surface area contributed by atoms with E-state index < -0.39 is 0 Å². The molecule has 1 heterocycles. The van der Waals surface area contributed by atoms with Gasteiger partial charge in [-0.3, -0.25) is 0 Å². The molecule has 0 saturated carbocycles. The Kier molecular flexibility index (Phi) is 4.30. The molecule has 5 aromatic carbocycles. The maximum Gasteiger partial charge on any atom is 0.189 e. The molecule has 0 aliphatic carbocycles. The van der Waals surface area contributed by atoms with Crippen LogP contribution in [0.3, 0.4) is 0 Å². The van der Waals surface area contributed by atoms with Crippen LogP contribution < -0.4 is 0 Å². The molecular formula is C30H18N2O2. The van der Waals surface area contributed by atoms with Crippen molar-refractivity contribution in [2.75, 3.05) is 0 Å². The Morgan fingerprint density at radius 2 is 0.971 bits per heavy atom. The molecule has 4 heteroatoms. The van der Waals surface area contributed by atoms with E-state index in [4.69, 9.17) is 8.83 Å². The molecule has 1 aromatic heterocycles. The summed E-state index contributed by atoms with van der Waals surface area (Å²) in [4.78, 5) is 0. The van der Waals surface area contributed by atoms with Gasteiger partial charge in [-0.1, -0.05) is 60.7 Å². The molecule has 0 amide bonds. The zero-order valence-corrected chi connectivity index (χ0v) is 18.6. The highest BCUT2D eigenvalue weighted by Crippen LogP contribution is 2.38. The number of nitriles is 2. The van der Waals surface area contributed by atoms with Crippen LogP contribution in [0, 0.1) is 36.5 Å². The molecule has 4 nitrogen and oxygen atoms in total. The molecular weight excluding hydrogens is 420 g/mol. The minimum atomic E-state index is 0.275. The van der Waals surface area contributed by atoms with E-state index in [1.165, 1.54) is 0 Å². The highest BCUT2D eigenvalue weighted by molar-refractivity contribution is 6.24. The van der Waals surface area contributed by atoms with Crippen LogP contribution >= 0.6 is 0 Å². The summed E-state index contributed by atoms with van der Waals surface area (Å²) >= 11 is 0. The van der Waals surface area contributed by atoms with E-state index in [2.05, 4.69) is 36.4 Å². The van der Waals surface area contributed by atoms with E-state index in [1.807, 2.05) is 62.4 Å². The molecule has 0 unspecified atom stereocenters. The average molecular weight is 438 g/mol. The Balaban J connectivity index is 2.06. The van der Waals surface area contributed by atoms with Gasteiger partial charge in [-0.05, 0) is 58.7 Å². The summed E-state index contributed by atoms with van der Waals surface area (Å²) < 4.78 is 13.0. The van der Waals surface area contributed by atoms with Crippen molar-refractivity contribution in [3.63, 3.8) is 0 Å². The Hall–Kier alpha value is -4.80. The van der Waals surface area contributed by atoms with Gasteiger partial charge in [0.25, 0.3) is 0 Å². The van der Waals surface area contributed by atoms with Crippen molar-refractivity contribution in [2.24, 2.45) is 0 Å². The number of hydrogen-bond acceptors (Lipinski definition) is 4. The lowest BCUT2D eigenvalue weighted by atomic mass is 9.97. The summed E-state index contributed by atoms with van der Waals surface area (Å²) in [6, 6.07) is 28.7. The predicted molar refractivity (Wildman–Crippen MR) is 135 cm³/mol. The zero-order chi connectivity index (χ0) is 23.4. The van der Waals surface area contributed by atoms with E-state index in [-0.39, 0.29) is 11.2 Å². The molecule has 6 rings (SSSR count). The first-order valence-corrected chi connectivity index (χ1v) is 11.0. The minimum absolute atomic E-state index is 0.275. The molecule has 160 valence electrons. The van der Waals surface area contributed by atoms with Gasteiger partial charge in [0.1, 0.15) is 34.4 Å². The molecule has 6 aromatic rings. The Morgan fingerprint density at radius 3 is 1.38 bits per heavy atom. The van der Waals surface area contributed by atoms with Gasteiger partial charge in [-0.2, -0.15) is 10.5 Å². The molecule has 0 N–H and O–H groups in total. The number of rotatable bonds is 0. The lowest BCUT2D eigenvalue weighted by Crippen LogP contribution is -1.95. The number of benzene rings is 5. The van der Waals surface area contributed by atoms with E-state index in [1.54, 1.807) is 0 Å². The average Bonchev–Trinajstić information content (AvgIpc) is 2.86. The summed E-state index contributed by atoms with van der Waals surface area (Å²) in [5.74, 6) is 0. The summed E-state index contributed by atoms with van der Waals surface area (Å²) in [7, 11) is 0. The van der Waals surface area contributed by atoms with Crippen molar-refractivity contribution in [3.8, 4) is 12.1 Å². The van der Waals surface area contributed by atoms with Gasteiger partial charge < -0.3 is 8.83 Å². The van der Waals surface area contributed by atoms with Crippen molar-refractivity contribution < 1.29 is 8.83 Å². The Bertz CT molecular complexity index is 1820. The monoisotopic (exact) mass is 438 g/mol. The van der Waals surface area contributed by atoms with Crippen LogP contribution in [0.2, 0.25) is 0 Å². The third-order valence-corrected chi connectivity index (χ3v) is 6.65. The zero-order valence-electron chi connectivity index (χ0n) is 18.6. The maximum atomic E-state index is 10.0. The fourth-order valence-electron chi connectivity index (χ4n) is 4.82. The SMILES string of the molecule is Cc1c(C)c(C#N)c2oc3ccc4ccccc4c3c3c(ccc4ccccc43)oc2c1C#N. The van der Waals surface area contributed by atoms with Crippen LogP contribution in [0.25, 0.3) is 54.6 Å². The second kappa shape index (κ2) is 7.37. The fraction of sp³-hybridized carbons (Fsp3) is 0.0667. The molecule has 0 aliphatic rings. The van der Waals surface area contributed by atoms with Crippen molar-refractivity contribution in [1.29, 1.82) is 10.5 Å². The van der Waals surface area contributed by atoms with Gasteiger partial charge in [0, 0.05) is 10.8 Å². The Labute approximate surface area is 195 Å². The van der Waals surface area contributed by atoms with E-state index >= 15 is 0 Å². The molecule has 0 spiro atoms. The molecule has 0 bridgehead atoms. The van der Waals surface area contributed by atoms with Crippen LogP contribution in [0.5, 0.6) is 0 Å². The van der Waals surface area contributed by atoms with Gasteiger partial charge >= 0.3 is 0 Å². The first kappa shape index (κ1) is 19.9. The van der Waals surface area contributed by atoms with E-state index in [9.17, 15) is 10.5 Å². The fourth-order valence-corrected chi connectivity index (χ4v) is 4.82. The van der Waals surface area contributed by atoms with Crippen molar-refractivity contribution in [2.45, 2.75) is 13.8 Å². The first-order chi connectivity index (χ1) is 16.6. The van der Waals surface area contributed by atoms with Gasteiger partial charge in [0.15, 0.2) is 11.2 Å². The highest BCUT2D eigenvalue weighted by Gasteiger charge is 2.19. The van der Waals surface area contributed by atoms with Gasteiger partial charge in [-0.15, -0.1) is 0 Å². The summed E-state index contributed by atoms with van der Waals surface area (Å²) in [5.41, 5.74) is 3.94. The van der Waals surface area contributed by atoms with E-state index in [0.717, 1.165) is 32.3 Å². The maximum absolute atomic E-state index is 10.0. The number of nitrogens with zero attached hydrogens (tertiary/aromatic N) is 2. The molecule has 0 aliphatic heterocycles. The van der Waals surface area contributed by atoms with Crippen molar-refractivity contribution in [1.82, 2.24) is 0 Å². The van der Waals surface area contributed by atoms with Crippen LogP contribution in [-0.4, -0.2) is 0 Å². The van der Waals surface area contributed by atoms with Crippen LogP contribution in [0.1, 0.15) is 22.3 Å². The highest BCUT2D eigenvalue weighted by atomic mass is 16.4. The van der Waals surface area contributed by atoms with Crippen LogP contribution in [0.15, 0.2) is 81.6 Å². The number of hydrogen-bond donors (Lipinski definition) is 0. The standard InChI is InChI=1S/C30H18N2O2/c1-17-18(2)24(16-32)30-29(23(17)15-31)33-25-13-11-19-7-3-5-9-21(19)27(25)28-22-10-6-4-8-20(22)12-14-26(28)34-30/h3-14H,1-2H3. The Morgan fingerprint density at radius 1 is 0.559 bits per heavy atom. The quantitative estimate of drug-likeness (QED) is 0.240. The van der Waals surface area contributed by atoms with Crippen LogP contribution in [-0.2, 0) is 0 Å². The topological polar surface area (TPSA) is 73.9 Å². The van der Waals surface area contributed by atoms with Crippen molar-refractivity contribution >= 4 is 54.6 Å². The number of fused-ring (bicyclic) bond motifs is 8. The summed E-state index contributed by atoms with van der Waals surface area (Å²) in [5, 5.41) is 26.0. The second-order valence-corrected chi connectivity index (χ2v) is 8.41. The predicted octanol–water partition coefficient (Wildman–Crippen LogP) is 8.12. The molecule has 0 atom stereocenters. The van der Waals surface area contributed by atoms with Gasteiger partial charge in [-0.25, -0.2) is 0 Å². The third kappa shape index (κ3) is 2.70. The third-order valence-electron chi connectivity index (χ3n) is 6.65. The molecule has 34 heavy (non-hydrogen) atoms. The second-order valence-electron chi connectivity index (χ2n) is 8.41. The van der Waals surface area contributed by atoms with Gasteiger partial charge in [0.05, 0.1) is 0 Å². The lowest BCUT2D eigenvalue weighted by molar-refractivity contribution is 0.616. The smallest absolute Gasteiger partial charge is 0.189 e. The van der Waals surface area contributed by atoms with Crippen LogP contribution in [0.4, 0.5) is 0 Å². The summed E-state index contributed by atoms with van der Waals surface area (Å²) in [6.07, 6.45) is 0. The normalized spacial score (nSPS) is 11.2. The largest absolute Gasteiger partial charge is 0.451 e. The minimum Gasteiger partial charge on any atom is -0.451 e. The first-order valence-electron chi connectivity index (χ1n) is 11.0. The van der Waals surface area contributed by atoms with E-state index in [0.29, 0.717) is 33.4 Å². The van der Waals surface area contributed by atoms with Crippen molar-refractivity contribution in [3.05, 3.63) is 95.1 Å². The molecule has 0 radical (unpaired) electrons. The molecule has 0 fully saturated rings. The van der Waals surface area contributed by atoms with Gasteiger partial charge in [0.2, 0.25) is 0 Å².